The average Bonchev–Trinajstić information content (AvgIpc) is 3.08. The van der Waals surface area contributed by atoms with E-state index in [0.29, 0.717) is 11.4 Å². The lowest BCUT2D eigenvalue weighted by Gasteiger charge is -2.20. The second kappa shape index (κ2) is 6.76. The van der Waals surface area contributed by atoms with E-state index in [4.69, 9.17) is 4.74 Å². The monoisotopic (exact) mass is 405 g/mol. The summed E-state index contributed by atoms with van der Waals surface area (Å²) in [4.78, 5) is 34.0. The highest BCUT2D eigenvalue weighted by molar-refractivity contribution is 6.04. The van der Waals surface area contributed by atoms with Crippen molar-refractivity contribution in [2.45, 2.75) is 12.2 Å². The maximum absolute atomic E-state index is 12.9. The van der Waals surface area contributed by atoms with E-state index < -0.39 is 29.7 Å². The topological polar surface area (TPSA) is 88.8 Å². The molecule has 1 N–H and O–H groups in total. The van der Waals surface area contributed by atoms with Crippen LogP contribution in [-0.2, 0) is 11.0 Å². The number of hydrogen-bond donors (Lipinski definition) is 1. The van der Waals surface area contributed by atoms with E-state index in [-0.39, 0.29) is 17.9 Å². The average molecular weight is 405 g/mol. The van der Waals surface area contributed by atoms with E-state index in [1.54, 1.807) is 24.3 Å². The van der Waals surface area contributed by atoms with Crippen LogP contribution in [0.15, 0.2) is 42.9 Å². The van der Waals surface area contributed by atoms with Gasteiger partial charge in [0.15, 0.2) is 11.3 Å². The Balaban J connectivity index is 1.61. The molecule has 0 fully saturated rings. The minimum absolute atomic E-state index is 0.140. The van der Waals surface area contributed by atoms with Gasteiger partial charge in [-0.25, -0.2) is 9.97 Å². The Labute approximate surface area is 161 Å². The highest BCUT2D eigenvalue weighted by Crippen LogP contribution is 2.30. The summed E-state index contributed by atoms with van der Waals surface area (Å²) in [5.74, 6) is -0.791. The number of amides is 2. The minimum Gasteiger partial charge on any atom is -0.489 e. The number of fused-ring (bicyclic) bond motifs is 2. The molecule has 0 bridgehead atoms. The number of alkyl halides is 3. The van der Waals surface area contributed by atoms with Crippen LogP contribution in [0.3, 0.4) is 0 Å². The number of hydrogen-bond acceptors (Lipinski definition) is 5. The Hall–Kier alpha value is -3.63. The summed E-state index contributed by atoms with van der Waals surface area (Å²) in [7, 11) is 1.54. The molecule has 0 radical (unpaired) electrons. The molecule has 2 aromatic heterocycles. The lowest BCUT2D eigenvalue weighted by atomic mass is 10.2. The Morgan fingerprint density at radius 1 is 1.28 bits per heavy atom. The normalized spacial score (nSPS) is 16.9. The maximum atomic E-state index is 12.9. The number of halogens is 3. The third-order valence-corrected chi connectivity index (χ3v) is 4.46. The first kappa shape index (κ1) is 18.7. The second-order valence-corrected chi connectivity index (χ2v) is 6.34. The largest absolute Gasteiger partial charge is 0.489 e. The number of carbonyl (C=O) groups is 2. The zero-order chi connectivity index (χ0) is 20.8. The molecular weight excluding hydrogens is 391 g/mol. The molecule has 0 saturated carbocycles. The van der Waals surface area contributed by atoms with Crippen LogP contribution < -0.4 is 15.0 Å². The molecule has 1 atom stereocenters. The van der Waals surface area contributed by atoms with Crippen molar-refractivity contribution >= 4 is 23.1 Å². The number of anilines is 1. The van der Waals surface area contributed by atoms with Gasteiger partial charge in [0.05, 0.1) is 5.69 Å². The van der Waals surface area contributed by atoms with Crippen molar-refractivity contribution in [1.29, 1.82) is 0 Å². The lowest BCUT2D eigenvalue weighted by Crippen LogP contribution is -2.49. The van der Waals surface area contributed by atoms with Gasteiger partial charge >= 0.3 is 6.18 Å². The fourth-order valence-electron chi connectivity index (χ4n) is 2.98. The SMILES string of the molecule is CN1C(=O)C(NC(=O)c2ncn3ccc(C(F)(F)F)nc23)COc2ccccc21. The predicted molar refractivity (Wildman–Crippen MR) is 94.6 cm³/mol. The first-order chi connectivity index (χ1) is 13.8. The van der Waals surface area contributed by atoms with Crippen molar-refractivity contribution < 1.29 is 27.5 Å². The zero-order valence-electron chi connectivity index (χ0n) is 15.0. The molecular formula is C18H14F3N5O3. The highest BCUT2D eigenvalue weighted by Gasteiger charge is 2.34. The van der Waals surface area contributed by atoms with Gasteiger partial charge in [-0.15, -0.1) is 0 Å². The number of imidazole rings is 1. The molecule has 4 rings (SSSR count). The lowest BCUT2D eigenvalue weighted by molar-refractivity contribution is -0.141. The Kier molecular flexibility index (Phi) is 4.36. The molecule has 1 aromatic carbocycles. The van der Waals surface area contributed by atoms with Gasteiger partial charge in [0.25, 0.3) is 11.8 Å². The zero-order valence-corrected chi connectivity index (χ0v) is 15.0. The number of nitrogens with zero attached hydrogens (tertiary/aromatic N) is 4. The van der Waals surface area contributed by atoms with Crippen molar-refractivity contribution in [2.24, 2.45) is 0 Å². The number of nitrogens with one attached hydrogen (secondary N) is 1. The number of aromatic nitrogens is 3. The first-order valence-electron chi connectivity index (χ1n) is 8.47. The van der Waals surface area contributed by atoms with Crippen molar-refractivity contribution in [2.75, 3.05) is 18.6 Å². The molecule has 3 aromatic rings. The summed E-state index contributed by atoms with van der Waals surface area (Å²) in [6.07, 6.45) is -2.39. The van der Waals surface area contributed by atoms with Crippen LogP contribution in [0.1, 0.15) is 16.2 Å². The quantitative estimate of drug-likeness (QED) is 0.704. The fourth-order valence-corrected chi connectivity index (χ4v) is 2.98. The van der Waals surface area contributed by atoms with E-state index >= 15 is 0 Å². The Bertz CT molecular complexity index is 1110. The smallest absolute Gasteiger partial charge is 0.433 e. The van der Waals surface area contributed by atoms with Gasteiger partial charge in [0, 0.05) is 13.2 Å². The summed E-state index contributed by atoms with van der Waals surface area (Å²) in [5, 5.41) is 2.47. The van der Waals surface area contributed by atoms with E-state index in [0.717, 1.165) is 12.3 Å². The molecule has 0 saturated heterocycles. The van der Waals surface area contributed by atoms with Crippen LogP contribution in [0.25, 0.3) is 5.65 Å². The molecule has 11 heteroatoms. The number of rotatable bonds is 2. The van der Waals surface area contributed by atoms with Gasteiger partial charge in [0.2, 0.25) is 0 Å². The third-order valence-electron chi connectivity index (χ3n) is 4.46. The highest BCUT2D eigenvalue weighted by atomic mass is 19.4. The minimum atomic E-state index is -4.67. The number of para-hydroxylation sites is 2. The summed E-state index contributed by atoms with van der Waals surface area (Å²) >= 11 is 0. The number of carbonyl (C=O) groups excluding carboxylic acids is 2. The Morgan fingerprint density at radius 2 is 2.03 bits per heavy atom. The van der Waals surface area contributed by atoms with E-state index in [1.807, 2.05) is 0 Å². The van der Waals surface area contributed by atoms with Gasteiger partial charge in [0.1, 0.15) is 30.4 Å². The molecule has 8 nitrogen and oxygen atoms in total. The van der Waals surface area contributed by atoms with Crippen LogP contribution in [0.2, 0.25) is 0 Å². The van der Waals surface area contributed by atoms with Gasteiger partial charge in [-0.2, -0.15) is 13.2 Å². The number of benzene rings is 1. The molecule has 0 spiro atoms. The van der Waals surface area contributed by atoms with Crippen molar-refractivity contribution in [3.8, 4) is 5.75 Å². The van der Waals surface area contributed by atoms with Crippen LogP contribution in [0.5, 0.6) is 5.75 Å². The Morgan fingerprint density at radius 3 is 2.79 bits per heavy atom. The predicted octanol–water partition coefficient (Wildman–Crippen LogP) is 1.90. The molecule has 3 heterocycles. The van der Waals surface area contributed by atoms with Gasteiger partial charge < -0.3 is 15.0 Å². The molecule has 150 valence electrons. The van der Waals surface area contributed by atoms with E-state index in [2.05, 4.69) is 15.3 Å². The van der Waals surface area contributed by atoms with Crippen LogP contribution >= 0.6 is 0 Å². The van der Waals surface area contributed by atoms with Crippen LogP contribution in [-0.4, -0.2) is 45.9 Å². The summed E-state index contributed by atoms with van der Waals surface area (Å²) in [6.45, 7) is -0.140. The maximum Gasteiger partial charge on any atom is 0.433 e. The van der Waals surface area contributed by atoms with E-state index in [9.17, 15) is 22.8 Å². The number of likely N-dealkylation sites (N-methyl/N-ethyl adjacent to an activating group) is 1. The fraction of sp³-hybridized carbons (Fsp3) is 0.222. The number of ether oxygens (including phenoxy) is 1. The van der Waals surface area contributed by atoms with Gasteiger partial charge in [-0.1, -0.05) is 12.1 Å². The van der Waals surface area contributed by atoms with Crippen molar-refractivity contribution in [3.63, 3.8) is 0 Å². The van der Waals surface area contributed by atoms with Crippen molar-refractivity contribution in [1.82, 2.24) is 19.7 Å². The molecule has 1 unspecified atom stereocenters. The molecule has 1 aliphatic rings. The molecule has 1 aliphatic heterocycles. The molecule has 2 amide bonds. The summed E-state index contributed by atoms with van der Waals surface area (Å²) in [5.41, 5.74) is -1.20. The summed E-state index contributed by atoms with van der Waals surface area (Å²) in [6, 6.07) is 6.61. The van der Waals surface area contributed by atoms with Gasteiger partial charge in [-0.3, -0.25) is 14.0 Å². The summed E-state index contributed by atoms with van der Waals surface area (Å²) < 4.78 is 45.6. The van der Waals surface area contributed by atoms with Gasteiger partial charge in [-0.05, 0) is 18.2 Å². The molecule has 29 heavy (non-hydrogen) atoms. The standard InChI is InChI=1S/C18H14F3N5O3/c1-25-11-4-2-3-5-12(11)29-8-10(17(25)28)23-16(27)14-15-24-13(18(19,20)21)6-7-26(15)9-22-14/h2-7,9-10H,8H2,1H3,(H,23,27). The van der Waals surface area contributed by atoms with Crippen molar-refractivity contribution in [3.05, 3.63) is 54.2 Å². The van der Waals surface area contributed by atoms with Crippen LogP contribution in [0.4, 0.5) is 18.9 Å². The van der Waals surface area contributed by atoms with E-state index in [1.165, 1.54) is 22.7 Å². The third kappa shape index (κ3) is 3.35. The first-order valence-corrected chi connectivity index (χ1v) is 8.47. The van der Waals surface area contributed by atoms with Crippen LogP contribution in [0, 0.1) is 0 Å². The second-order valence-electron chi connectivity index (χ2n) is 6.34. The molecule has 0 aliphatic carbocycles.